The number of pyridine rings is 1. The van der Waals surface area contributed by atoms with Gasteiger partial charge in [-0.2, -0.15) is 9.97 Å². The average molecular weight is 593 g/mol. The first-order valence-corrected chi connectivity index (χ1v) is 15.2. The van der Waals surface area contributed by atoms with Gasteiger partial charge in [-0.25, -0.2) is 18.6 Å². The van der Waals surface area contributed by atoms with Crippen LogP contribution in [0.2, 0.25) is 5.15 Å². The first kappa shape index (κ1) is 28.6. The van der Waals surface area contributed by atoms with Gasteiger partial charge in [0, 0.05) is 26.1 Å². The molecule has 224 valence electrons. The SMILES string of the molecule is CC[C@H]1[C@H]2CCCc3nc(Cl)c(F)c4nc(OC[C@@]56CCCN5C[C@H](F)C6)nc(c34)N2CCN1C(=O)OC(C)(C)C. The van der Waals surface area contributed by atoms with E-state index in [4.69, 9.17) is 26.1 Å². The maximum Gasteiger partial charge on any atom is 0.410 e. The Morgan fingerprint density at radius 3 is 2.73 bits per heavy atom. The molecule has 9 nitrogen and oxygen atoms in total. The zero-order valence-electron chi connectivity index (χ0n) is 24.3. The molecule has 3 saturated heterocycles. The number of amides is 1. The molecule has 41 heavy (non-hydrogen) atoms. The Hall–Kier alpha value is -2.53. The highest BCUT2D eigenvalue weighted by molar-refractivity contribution is 6.30. The third kappa shape index (κ3) is 5.17. The van der Waals surface area contributed by atoms with Crippen LogP contribution in [0, 0.1) is 5.82 Å². The lowest BCUT2D eigenvalue weighted by Gasteiger charge is -2.48. The third-order valence-corrected chi connectivity index (χ3v) is 9.32. The minimum Gasteiger partial charge on any atom is -0.461 e. The quantitative estimate of drug-likeness (QED) is 0.442. The number of hydrogen-bond acceptors (Lipinski definition) is 8. The van der Waals surface area contributed by atoms with Crippen LogP contribution in [0.3, 0.4) is 0 Å². The summed E-state index contributed by atoms with van der Waals surface area (Å²) in [5, 5.41) is 0.313. The standard InChI is InChI=1S/C29H39ClF2N6O3/c1-5-19-20-9-6-8-18-21-23(22(32)24(30)33-18)34-26(40-16-29-10-7-11-36(29)15-17(31)14-29)35-25(21)37(20)12-13-38(19)27(39)41-28(2,3)4/h17,19-20H,5-16H2,1-4H3/t17-,19+,20-,29+/m1/s1. The van der Waals surface area contributed by atoms with E-state index < -0.39 is 23.1 Å². The number of carbonyl (C=O) groups is 1. The lowest BCUT2D eigenvalue weighted by Crippen LogP contribution is -2.62. The Morgan fingerprint density at radius 2 is 1.98 bits per heavy atom. The fourth-order valence-electron chi connectivity index (χ4n) is 7.37. The van der Waals surface area contributed by atoms with Gasteiger partial charge in [-0.05, 0) is 65.8 Å². The maximum atomic E-state index is 15.5. The van der Waals surface area contributed by atoms with Crippen LogP contribution in [0.1, 0.15) is 71.9 Å². The first-order valence-electron chi connectivity index (χ1n) is 14.8. The van der Waals surface area contributed by atoms with E-state index in [0.717, 1.165) is 38.6 Å². The second-order valence-electron chi connectivity index (χ2n) is 12.9. The van der Waals surface area contributed by atoms with Crippen LogP contribution in [0.25, 0.3) is 10.9 Å². The van der Waals surface area contributed by atoms with Crippen molar-refractivity contribution < 1.29 is 23.0 Å². The zero-order valence-corrected chi connectivity index (χ0v) is 25.0. The average Bonchev–Trinajstić information content (AvgIpc) is 3.43. The van der Waals surface area contributed by atoms with Crippen LogP contribution >= 0.6 is 11.6 Å². The molecule has 12 heteroatoms. The van der Waals surface area contributed by atoms with Crippen LogP contribution in [-0.2, 0) is 11.2 Å². The normalized spacial score (nSPS) is 28.3. The highest BCUT2D eigenvalue weighted by Crippen LogP contribution is 2.42. The summed E-state index contributed by atoms with van der Waals surface area (Å²) in [5.74, 6) is -0.161. The number of halogens is 3. The lowest BCUT2D eigenvalue weighted by atomic mass is 9.91. The molecular weight excluding hydrogens is 554 g/mol. The van der Waals surface area contributed by atoms with Gasteiger partial charge >= 0.3 is 12.1 Å². The molecule has 4 atom stereocenters. The van der Waals surface area contributed by atoms with Crippen molar-refractivity contribution in [2.45, 2.75) is 102 Å². The Kier molecular flexibility index (Phi) is 7.41. The summed E-state index contributed by atoms with van der Waals surface area (Å²) >= 11 is 6.25. The molecule has 3 fully saturated rings. The summed E-state index contributed by atoms with van der Waals surface area (Å²) in [6, 6.07) is -0.138. The van der Waals surface area contributed by atoms with Crippen molar-refractivity contribution >= 4 is 34.4 Å². The number of nitrogens with zero attached hydrogens (tertiary/aromatic N) is 6. The van der Waals surface area contributed by atoms with Gasteiger partial charge in [0.15, 0.2) is 11.0 Å². The van der Waals surface area contributed by atoms with Crippen molar-refractivity contribution in [3.05, 3.63) is 16.7 Å². The number of anilines is 1. The van der Waals surface area contributed by atoms with Crippen molar-refractivity contribution in [2.24, 2.45) is 0 Å². The highest BCUT2D eigenvalue weighted by atomic mass is 35.5. The summed E-state index contributed by atoms with van der Waals surface area (Å²) in [5.41, 5.74) is -0.252. The molecule has 0 aromatic carbocycles. The van der Waals surface area contributed by atoms with Gasteiger partial charge in [-0.15, -0.1) is 0 Å². The van der Waals surface area contributed by atoms with Crippen molar-refractivity contribution in [3.63, 3.8) is 0 Å². The zero-order chi connectivity index (χ0) is 29.1. The highest BCUT2D eigenvalue weighted by Gasteiger charge is 2.49. The van der Waals surface area contributed by atoms with E-state index in [9.17, 15) is 9.18 Å². The largest absolute Gasteiger partial charge is 0.461 e. The van der Waals surface area contributed by atoms with Crippen molar-refractivity contribution in [1.82, 2.24) is 24.8 Å². The van der Waals surface area contributed by atoms with Crippen LogP contribution in [-0.4, -0.2) is 93.0 Å². The predicted octanol–water partition coefficient (Wildman–Crippen LogP) is 5.31. The number of aromatic nitrogens is 3. The Labute approximate surface area is 244 Å². The van der Waals surface area contributed by atoms with Crippen LogP contribution in [0.5, 0.6) is 6.01 Å². The van der Waals surface area contributed by atoms with Crippen molar-refractivity contribution in [2.75, 3.05) is 37.7 Å². The van der Waals surface area contributed by atoms with Gasteiger partial charge < -0.3 is 19.3 Å². The van der Waals surface area contributed by atoms with Gasteiger partial charge in [-0.3, -0.25) is 4.90 Å². The minimum atomic E-state index is -0.886. The molecule has 0 saturated carbocycles. The van der Waals surface area contributed by atoms with Gasteiger partial charge in [0.2, 0.25) is 0 Å². The number of fused-ring (bicyclic) bond motifs is 3. The fourth-order valence-corrected chi connectivity index (χ4v) is 7.56. The maximum absolute atomic E-state index is 15.5. The molecule has 6 rings (SSSR count). The van der Waals surface area contributed by atoms with Crippen LogP contribution < -0.4 is 9.64 Å². The molecule has 4 aliphatic heterocycles. The van der Waals surface area contributed by atoms with E-state index in [1.165, 1.54) is 0 Å². The predicted molar refractivity (Wildman–Crippen MR) is 152 cm³/mol. The smallest absolute Gasteiger partial charge is 0.410 e. The molecule has 1 amide bonds. The molecule has 0 N–H and O–H groups in total. The Balaban J connectivity index is 1.38. The molecule has 4 aliphatic rings. The van der Waals surface area contributed by atoms with E-state index in [1.54, 1.807) is 0 Å². The molecule has 0 spiro atoms. The number of carbonyl (C=O) groups excluding carboxylic acids is 1. The van der Waals surface area contributed by atoms with Crippen molar-refractivity contribution in [3.8, 4) is 6.01 Å². The molecule has 6 heterocycles. The summed E-state index contributed by atoms with van der Waals surface area (Å²) in [6.07, 6.45) is 3.89. The van der Waals surface area contributed by atoms with E-state index >= 15 is 4.39 Å². The molecule has 0 bridgehead atoms. The molecular formula is C29H39ClF2N6O3. The van der Waals surface area contributed by atoms with Gasteiger partial charge in [0.25, 0.3) is 0 Å². The topological polar surface area (TPSA) is 83.9 Å². The van der Waals surface area contributed by atoms with E-state index in [0.29, 0.717) is 49.4 Å². The first-order chi connectivity index (χ1) is 19.5. The van der Waals surface area contributed by atoms with Gasteiger partial charge in [0.05, 0.1) is 28.7 Å². The fraction of sp³-hybridized carbons (Fsp3) is 0.724. The van der Waals surface area contributed by atoms with Crippen LogP contribution in [0.4, 0.5) is 19.4 Å². The minimum absolute atomic E-state index is 0.0464. The van der Waals surface area contributed by atoms with Gasteiger partial charge in [-0.1, -0.05) is 18.5 Å². The molecule has 2 aromatic heterocycles. The number of hydrogen-bond donors (Lipinski definition) is 0. The number of rotatable bonds is 4. The lowest BCUT2D eigenvalue weighted by molar-refractivity contribution is 0.00777. The number of alkyl halides is 1. The number of piperazine rings is 1. The van der Waals surface area contributed by atoms with E-state index in [2.05, 4.69) is 26.7 Å². The second-order valence-corrected chi connectivity index (χ2v) is 13.2. The molecule has 0 unspecified atom stereocenters. The molecule has 0 radical (unpaired) electrons. The number of aryl methyl sites for hydroxylation is 1. The summed E-state index contributed by atoms with van der Waals surface area (Å²) in [7, 11) is 0. The monoisotopic (exact) mass is 592 g/mol. The Bertz CT molecular complexity index is 1340. The van der Waals surface area contributed by atoms with E-state index in [-0.39, 0.29) is 41.5 Å². The van der Waals surface area contributed by atoms with Crippen LogP contribution in [0.15, 0.2) is 0 Å². The number of ether oxygens (including phenoxy) is 2. The molecule has 2 aromatic rings. The Morgan fingerprint density at radius 1 is 1.17 bits per heavy atom. The third-order valence-electron chi connectivity index (χ3n) is 9.07. The molecule has 0 aliphatic carbocycles. The summed E-state index contributed by atoms with van der Waals surface area (Å²) in [4.78, 5) is 33.1. The van der Waals surface area contributed by atoms with E-state index in [1.807, 2.05) is 25.7 Å². The second kappa shape index (κ2) is 10.6. The summed E-state index contributed by atoms with van der Waals surface area (Å²) < 4.78 is 41.9. The summed E-state index contributed by atoms with van der Waals surface area (Å²) in [6.45, 7) is 10.1. The van der Waals surface area contributed by atoms with Crippen molar-refractivity contribution in [1.29, 1.82) is 0 Å². The van der Waals surface area contributed by atoms with Gasteiger partial charge in [0.1, 0.15) is 29.7 Å².